The number of aliphatic carboxylic acids is 1. The molecule has 0 aliphatic carbocycles. The number of rotatable bonds is 7. The van der Waals surface area contributed by atoms with Gasteiger partial charge < -0.3 is 10.0 Å². The van der Waals surface area contributed by atoms with Crippen LogP contribution in [0.25, 0.3) is 0 Å². The van der Waals surface area contributed by atoms with Gasteiger partial charge in [0, 0.05) is 18.9 Å². The molecule has 1 aliphatic rings. The fourth-order valence-corrected chi connectivity index (χ4v) is 3.97. The number of sulfone groups is 1. The first-order chi connectivity index (χ1) is 9.35. The van der Waals surface area contributed by atoms with Crippen LogP contribution in [0.3, 0.4) is 0 Å². The van der Waals surface area contributed by atoms with Gasteiger partial charge in [-0.25, -0.2) is 8.42 Å². The molecule has 1 atom stereocenters. The van der Waals surface area contributed by atoms with Crippen molar-refractivity contribution in [3.8, 4) is 12.3 Å². The summed E-state index contributed by atoms with van der Waals surface area (Å²) < 4.78 is 22.9. The van der Waals surface area contributed by atoms with Crippen molar-refractivity contribution in [1.82, 2.24) is 4.90 Å². The van der Waals surface area contributed by atoms with Crippen LogP contribution in [-0.4, -0.2) is 54.4 Å². The zero-order valence-electron chi connectivity index (χ0n) is 11.2. The van der Waals surface area contributed by atoms with E-state index in [-0.39, 0.29) is 42.8 Å². The number of amides is 1. The molecule has 20 heavy (non-hydrogen) atoms. The summed E-state index contributed by atoms with van der Waals surface area (Å²) in [7, 11) is -3.07. The average Bonchev–Trinajstić information content (AvgIpc) is 2.71. The van der Waals surface area contributed by atoms with Crippen molar-refractivity contribution in [1.29, 1.82) is 0 Å². The highest BCUT2D eigenvalue weighted by molar-refractivity contribution is 7.91. The normalized spacial score (nSPS) is 20.2. The second-order valence-electron chi connectivity index (χ2n) is 4.88. The zero-order chi connectivity index (χ0) is 15.2. The van der Waals surface area contributed by atoms with Gasteiger partial charge >= 0.3 is 5.97 Å². The second kappa shape index (κ2) is 7.29. The Bertz CT molecular complexity index is 505. The average molecular weight is 301 g/mol. The summed E-state index contributed by atoms with van der Waals surface area (Å²) in [5, 5.41) is 8.51. The van der Waals surface area contributed by atoms with Crippen LogP contribution in [0.2, 0.25) is 0 Å². The number of unbranched alkanes of at least 4 members (excludes halogenated alkanes) is 1. The minimum atomic E-state index is -3.07. The standard InChI is InChI=1S/C13H19NO5S/c1-2-8-14(11-7-9-20(18,19)10-11)12(15)5-3-4-6-13(16)17/h1,11H,3-10H2,(H,16,17). The molecule has 0 aromatic heterocycles. The Hall–Kier alpha value is -1.55. The Morgan fingerprint density at radius 2 is 1.95 bits per heavy atom. The molecular weight excluding hydrogens is 282 g/mol. The van der Waals surface area contributed by atoms with Crippen molar-refractivity contribution < 1.29 is 23.1 Å². The first kappa shape index (κ1) is 16.5. The van der Waals surface area contributed by atoms with Crippen LogP contribution < -0.4 is 0 Å². The summed E-state index contributed by atoms with van der Waals surface area (Å²) in [4.78, 5) is 23.9. The fraction of sp³-hybridized carbons (Fsp3) is 0.692. The van der Waals surface area contributed by atoms with Crippen molar-refractivity contribution in [3.63, 3.8) is 0 Å². The molecule has 0 bridgehead atoms. The lowest BCUT2D eigenvalue weighted by Crippen LogP contribution is -2.41. The van der Waals surface area contributed by atoms with Crippen molar-refractivity contribution in [2.24, 2.45) is 0 Å². The summed E-state index contributed by atoms with van der Waals surface area (Å²) in [6.07, 6.45) is 6.76. The molecule has 6 nitrogen and oxygen atoms in total. The quantitative estimate of drug-likeness (QED) is 0.538. The third kappa shape index (κ3) is 5.21. The molecule has 1 N–H and O–H groups in total. The molecule has 1 saturated heterocycles. The van der Waals surface area contributed by atoms with Gasteiger partial charge in [0.05, 0.1) is 18.1 Å². The number of hydrogen-bond acceptors (Lipinski definition) is 4. The fourth-order valence-electron chi connectivity index (χ4n) is 2.24. The third-order valence-electron chi connectivity index (χ3n) is 3.26. The maximum Gasteiger partial charge on any atom is 0.303 e. The SMILES string of the molecule is C#CCN(C(=O)CCCCC(=O)O)C1CCS(=O)(=O)C1. The van der Waals surface area contributed by atoms with Gasteiger partial charge in [-0.2, -0.15) is 0 Å². The minimum Gasteiger partial charge on any atom is -0.481 e. The monoisotopic (exact) mass is 301 g/mol. The van der Waals surface area contributed by atoms with Gasteiger partial charge in [-0.15, -0.1) is 6.42 Å². The molecule has 1 amide bonds. The van der Waals surface area contributed by atoms with E-state index in [4.69, 9.17) is 11.5 Å². The van der Waals surface area contributed by atoms with E-state index in [0.29, 0.717) is 19.3 Å². The molecule has 0 aromatic rings. The smallest absolute Gasteiger partial charge is 0.303 e. The van der Waals surface area contributed by atoms with Gasteiger partial charge in [-0.05, 0) is 19.3 Å². The molecule has 0 radical (unpaired) electrons. The number of nitrogens with zero attached hydrogens (tertiary/aromatic N) is 1. The molecule has 1 heterocycles. The van der Waals surface area contributed by atoms with Gasteiger partial charge in [0.25, 0.3) is 0 Å². The summed E-state index contributed by atoms with van der Waals surface area (Å²) in [5.41, 5.74) is 0. The topological polar surface area (TPSA) is 91.8 Å². The van der Waals surface area contributed by atoms with Crippen LogP contribution in [0.15, 0.2) is 0 Å². The number of carboxylic acid groups (broad SMARTS) is 1. The number of terminal acetylenes is 1. The highest BCUT2D eigenvalue weighted by atomic mass is 32.2. The number of carboxylic acids is 1. The van der Waals surface area contributed by atoms with Crippen LogP contribution in [0, 0.1) is 12.3 Å². The second-order valence-corrected chi connectivity index (χ2v) is 7.11. The molecule has 1 aliphatic heterocycles. The lowest BCUT2D eigenvalue weighted by atomic mass is 10.1. The minimum absolute atomic E-state index is 0.0280. The molecule has 0 aromatic carbocycles. The summed E-state index contributed by atoms with van der Waals surface area (Å²) in [5.74, 6) is 1.35. The van der Waals surface area contributed by atoms with Crippen molar-refractivity contribution >= 4 is 21.7 Å². The molecule has 0 spiro atoms. The predicted octanol–water partition coefficient (Wildman–Crippen LogP) is 0.280. The van der Waals surface area contributed by atoms with Gasteiger partial charge in [-0.3, -0.25) is 9.59 Å². The highest BCUT2D eigenvalue weighted by Gasteiger charge is 2.33. The molecule has 7 heteroatoms. The van der Waals surface area contributed by atoms with Crippen LogP contribution in [-0.2, 0) is 19.4 Å². The summed E-state index contributed by atoms with van der Waals surface area (Å²) in [6, 6.07) is -0.344. The van der Waals surface area contributed by atoms with E-state index in [9.17, 15) is 18.0 Å². The Balaban J connectivity index is 2.51. The maximum absolute atomic E-state index is 12.1. The lowest BCUT2D eigenvalue weighted by Gasteiger charge is -2.26. The Labute approximate surface area is 119 Å². The van der Waals surface area contributed by atoms with Crippen LogP contribution >= 0.6 is 0 Å². The van der Waals surface area contributed by atoms with Gasteiger partial charge in [0.1, 0.15) is 0 Å². The molecule has 1 unspecified atom stereocenters. The third-order valence-corrected chi connectivity index (χ3v) is 5.01. The van der Waals surface area contributed by atoms with E-state index < -0.39 is 15.8 Å². The van der Waals surface area contributed by atoms with E-state index in [1.807, 2.05) is 0 Å². The molecule has 1 fully saturated rings. The number of hydrogen-bond donors (Lipinski definition) is 1. The summed E-state index contributed by atoms with van der Waals surface area (Å²) >= 11 is 0. The van der Waals surface area contributed by atoms with Crippen LogP contribution in [0.5, 0.6) is 0 Å². The van der Waals surface area contributed by atoms with E-state index in [2.05, 4.69) is 5.92 Å². The maximum atomic E-state index is 12.1. The Morgan fingerprint density at radius 3 is 2.45 bits per heavy atom. The van der Waals surface area contributed by atoms with Gasteiger partial charge in [0.15, 0.2) is 9.84 Å². The molecule has 0 saturated carbocycles. The Kier molecular flexibility index (Phi) is 6.02. The number of carbonyl (C=O) groups excluding carboxylic acids is 1. The van der Waals surface area contributed by atoms with E-state index in [0.717, 1.165) is 0 Å². The molecular formula is C13H19NO5S. The van der Waals surface area contributed by atoms with Crippen molar-refractivity contribution in [3.05, 3.63) is 0 Å². The molecule has 112 valence electrons. The lowest BCUT2D eigenvalue weighted by molar-refractivity contribution is -0.137. The van der Waals surface area contributed by atoms with Crippen molar-refractivity contribution in [2.45, 2.75) is 38.1 Å². The largest absolute Gasteiger partial charge is 0.481 e. The van der Waals surface area contributed by atoms with Gasteiger partial charge in [0.2, 0.25) is 5.91 Å². The van der Waals surface area contributed by atoms with E-state index in [1.54, 1.807) is 0 Å². The predicted molar refractivity (Wildman–Crippen MR) is 73.7 cm³/mol. The molecule has 1 rings (SSSR count). The highest BCUT2D eigenvalue weighted by Crippen LogP contribution is 2.19. The first-order valence-corrected chi connectivity index (χ1v) is 8.33. The Morgan fingerprint density at radius 1 is 1.30 bits per heavy atom. The zero-order valence-corrected chi connectivity index (χ0v) is 12.1. The van der Waals surface area contributed by atoms with Crippen LogP contribution in [0.1, 0.15) is 32.1 Å². The summed E-state index contributed by atoms with van der Waals surface area (Å²) in [6.45, 7) is 0.0952. The van der Waals surface area contributed by atoms with E-state index in [1.165, 1.54) is 4.90 Å². The number of carbonyl (C=O) groups is 2. The van der Waals surface area contributed by atoms with E-state index >= 15 is 0 Å². The van der Waals surface area contributed by atoms with Crippen molar-refractivity contribution in [2.75, 3.05) is 18.1 Å². The van der Waals surface area contributed by atoms with Gasteiger partial charge in [-0.1, -0.05) is 5.92 Å². The van der Waals surface area contributed by atoms with Crippen LogP contribution in [0.4, 0.5) is 0 Å². The first-order valence-electron chi connectivity index (χ1n) is 6.51.